The van der Waals surface area contributed by atoms with Crippen molar-refractivity contribution in [2.75, 3.05) is 31.1 Å². The highest BCUT2D eigenvalue weighted by molar-refractivity contribution is 6.30. The lowest BCUT2D eigenvalue weighted by molar-refractivity contribution is 0.0696. The van der Waals surface area contributed by atoms with E-state index in [2.05, 4.69) is 9.80 Å². The van der Waals surface area contributed by atoms with Crippen LogP contribution in [0.15, 0.2) is 48.5 Å². The number of carboxylic acid groups (broad SMARTS) is 1. The van der Waals surface area contributed by atoms with Gasteiger partial charge in [-0.25, -0.2) is 4.79 Å². The van der Waals surface area contributed by atoms with Crippen LogP contribution in [0, 0.1) is 0 Å². The van der Waals surface area contributed by atoms with Crippen LogP contribution < -0.4 is 4.90 Å². The molecule has 0 amide bonds. The Morgan fingerprint density at radius 1 is 1.04 bits per heavy atom. The lowest BCUT2D eigenvalue weighted by Crippen LogP contribution is -2.45. The highest BCUT2D eigenvalue weighted by Crippen LogP contribution is 2.20. The topological polar surface area (TPSA) is 43.8 Å². The second kappa shape index (κ2) is 7.02. The van der Waals surface area contributed by atoms with Gasteiger partial charge in [0, 0.05) is 43.4 Å². The number of nitrogens with zero attached hydrogens (tertiary/aromatic N) is 2. The Hall–Kier alpha value is -2.04. The minimum atomic E-state index is -0.876. The fourth-order valence-corrected chi connectivity index (χ4v) is 3.00. The minimum absolute atomic E-state index is 0.349. The highest BCUT2D eigenvalue weighted by atomic mass is 35.5. The van der Waals surface area contributed by atoms with Crippen molar-refractivity contribution in [3.8, 4) is 0 Å². The molecule has 0 spiro atoms. The van der Waals surface area contributed by atoms with Gasteiger partial charge >= 0.3 is 5.97 Å². The van der Waals surface area contributed by atoms with E-state index in [1.165, 1.54) is 5.69 Å². The number of carboxylic acids is 1. The van der Waals surface area contributed by atoms with E-state index in [9.17, 15) is 4.79 Å². The first kappa shape index (κ1) is 15.8. The maximum absolute atomic E-state index is 11.0. The van der Waals surface area contributed by atoms with Crippen molar-refractivity contribution in [3.05, 3.63) is 64.7 Å². The van der Waals surface area contributed by atoms with E-state index in [0.717, 1.165) is 43.3 Å². The summed E-state index contributed by atoms with van der Waals surface area (Å²) in [6.45, 7) is 4.62. The predicted molar refractivity (Wildman–Crippen MR) is 92.3 cm³/mol. The van der Waals surface area contributed by atoms with Crippen LogP contribution in [0.4, 0.5) is 5.69 Å². The van der Waals surface area contributed by atoms with Gasteiger partial charge in [-0.05, 0) is 42.0 Å². The number of aromatic carboxylic acids is 1. The highest BCUT2D eigenvalue weighted by Gasteiger charge is 2.17. The molecule has 3 rings (SSSR count). The lowest BCUT2D eigenvalue weighted by Gasteiger charge is -2.36. The van der Waals surface area contributed by atoms with E-state index in [4.69, 9.17) is 16.7 Å². The Labute approximate surface area is 140 Å². The molecule has 0 radical (unpaired) electrons. The number of hydrogen-bond donors (Lipinski definition) is 1. The zero-order valence-corrected chi connectivity index (χ0v) is 13.5. The molecule has 0 aromatic heterocycles. The molecule has 0 saturated carbocycles. The number of benzene rings is 2. The SMILES string of the molecule is O=C(O)c1cccc(CN2CCN(c3ccc(Cl)cc3)CC2)c1. The minimum Gasteiger partial charge on any atom is -0.478 e. The summed E-state index contributed by atoms with van der Waals surface area (Å²) in [6.07, 6.45) is 0. The van der Waals surface area contributed by atoms with Gasteiger partial charge in [0.05, 0.1) is 5.56 Å². The summed E-state index contributed by atoms with van der Waals surface area (Å²) < 4.78 is 0. The van der Waals surface area contributed by atoms with Crippen molar-refractivity contribution >= 4 is 23.3 Å². The number of hydrogen-bond acceptors (Lipinski definition) is 3. The van der Waals surface area contributed by atoms with E-state index >= 15 is 0 Å². The van der Waals surface area contributed by atoms with E-state index in [1.807, 2.05) is 36.4 Å². The molecule has 0 atom stereocenters. The van der Waals surface area contributed by atoms with Gasteiger partial charge in [0.15, 0.2) is 0 Å². The Balaban J connectivity index is 1.58. The number of halogens is 1. The van der Waals surface area contributed by atoms with Gasteiger partial charge in [-0.15, -0.1) is 0 Å². The molecule has 1 fully saturated rings. The summed E-state index contributed by atoms with van der Waals surface area (Å²) >= 11 is 5.93. The normalized spacial score (nSPS) is 15.6. The van der Waals surface area contributed by atoms with Gasteiger partial charge in [0.1, 0.15) is 0 Å². The number of anilines is 1. The van der Waals surface area contributed by atoms with Crippen molar-refractivity contribution in [1.82, 2.24) is 4.90 Å². The quantitative estimate of drug-likeness (QED) is 0.933. The van der Waals surface area contributed by atoms with Crippen molar-refractivity contribution in [1.29, 1.82) is 0 Å². The molecule has 0 bridgehead atoms. The summed E-state index contributed by atoms with van der Waals surface area (Å²) in [5.41, 5.74) is 2.59. The molecule has 1 aliphatic rings. The van der Waals surface area contributed by atoms with Crippen LogP contribution in [0.3, 0.4) is 0 Å². The van der Waals surface area contributed by atoms with Gasteiger partial charge < -0.3 is 10.0 Å². The molecule has 2 aromatic rings. The molecule has 120 valence electrons. The first-order valence-electron chi connectivity index (χ1n) is 7.67. The van der Waals surface area contributed by atoms with Crippen LogP contribution >= 0.6 is 11.6 Å². The van der Waals surface area contributed by atoms with Crippen molar-refractivity contribution in [3.63, 3.8) is 0 Å². The Morgan fingerprint density at radius 2 is 1.74 bits per heavy atom. The largest absolute Gasteiger partial charge is 0.478 e. The predicted octanol–water partition coefficient (Wildman–Crippen LogP) is 3.36. The first-order valence-corrected chi connectivity index (χ1v) is 8.05. The molecule has 1 heterocycles. The number of carbonyl (C=O) groups is 1. The summed E-state index contributed by atoms with van der Waals surface area (Å²) in [5.74, 6) is -0.876. The van der Waals surface area contributed by atoms with Crippen molar-refractivity contribution in [2.45, 2.75) is 6.54 Å². The molecule has 5 heteroatoms. The molecule has 1 N–H and O–H groups in total. The van der Waals surface area contributed by atoms with Crippen molar-refractivity contribution in [2.24, 2.45) is 0 Å². The van der Waals surface area contributed by atoms with Gasteiger partial charge in [0.25, 0.3) is 0 Å². The van der Waals surface area contributed by atoms with Gasteiger partial charge in [0.2, 0.25) is 0 Å². The van der Waals surface area contributed by atoms with Gasteiger partial charge in [-0.3, -0.25) is 4.90 Å². The number of rotatable bonds is 4. The fourth-order valence-electron chi connectivity index (χ4n) is 2.88. The van der Waals surface area contributed by atoms with Crippen LogP contribution in [0.25, 0.3) is 0 Å². The molecule has 23 heavy (non-hydrogen) atoms. The van der Waals surface area contributed by atoms with Gasteiger partial charge in [-0.1, -0.05) is 23.7 Å². The van der Waals surface area contributed by atoms with Crippen LogP contribution in [0.2, 0.25) is 5.02 Å². The van der Waals surface area contributed by atoms with E-state index < -0.39 is 5.97 Å². The zero-order chi connectivity index (χ0) is 16.2. The summed E-state index contributed by atoms with van der Waals surface area (Å²) in [4.78, 5) is 15.7. The average Bonchev–Trinajstić information content (AvgIpc) is 2.57. The van der Waals surface area contributed by atoms with Crippen LogP contribution in [0.1, 0.15) is 15.9 Å². The fraction of sp³-hybridized carbons (Fsp3) is 0.278. The van der Waals surface area contributed by atoms with Gasteiger partial charge in [-0.2, -0.15) is 0 Å². The monoisotopic (exact) mass is 330 g/mol. The van der Waals surface area contributed by atoms with Crippen LogP contribution in [-0.2, 0) is 6.54 Å². The summed E-state index contributed by atoms with van der Waals surface area (Å²) in [5, 5.41) is 9.82. The average molecular weight is 331 g/mol. The second-order valence-electron chi connectivity index (χ2n) is 5.75. The standard InChI is InChI=1S/C18H19ClN2O2/c19-16-4-6-17(7-5-16)21-10-8-20(9-11-21)13-14-2-1-3-15(12-14)18(22)23/h1-7,12H,8-11,13H2,(H,22,23). The smallest absolute Gasteiger partial charge is 0.335 e. The zero-order valence-electron chi connectivity index (χ0n) is 12.8. The van der Waals surface area contributed by atoms with E-state index in [-0.39, 0.29) is 0 Å². The molecular weight excluding hydrogens is 312 g/mol. The molecule has 0 unspecified atom stereocenters. The molecule has 4 nitrogen and oxygen atoms in total. The second-order valence-corrected chi connectivity index (χ2v) is 6.18. The molecular formula is C18H19ClN2O2. The van der Waals surface area contributed by atoms with E-state index in [1.54, 1.807) is 12.1 Å². The van der Waals surface area contributed by atoms with Crippen LogP contribution in [-0.4, -0.2) is 42.2 Å². The third-order valence-electron chi connectivity index (χ3n) is 4.14. The molecule has 0 aliphatic carbocycles. The van der Waals surface area contributed by atoms with E-state index in [0.29, 0.717) is 5.56 Å². The van der Waals surface area contributed by atoms with Crippen LogP contribution in [0.5, 0.6) is 0 Å². The van der Waals surface area contributed by atoms with Crippen molar-refractivity contribution < 1.29 is 9.90 Å². The first-order chi connectivity index (χ1) is 11.1. The Morgan fingerprint density at radius 3 is 2.39 bits per heavy atom. The molecule has 1 aliphatic heterocycles. The summed E-state index contributed by atoms with van der Waals surface area (Å²) in [6, 6.07) is 15.1. The Bertz CT molecular complexity index is 680. The Kier molecular flexibility index (Phi) is 4.84. The third-order valence-corrected chi connectivity index (χ3v) is 4.40. The number of piperazine rings is 1. The molecule has 2 aromatic carbocycles. The lowest BCUT2D eigenvalue weighted by atomic mass is 10.1. The molecule has 1 saturated heterocycles. The maximum atomic E-state index is 11.0. The maximum Gasteiger partial charge on any atom is 0.335 e. The third kappa shape index (κ3) is 4.03. The summed E-state index contributed by atoms with van der Waals surface area (Å²) in [7, 11) is 0.